The summed E-state index contributed by atoms with van der Waals surface area (Å²) < 4.78 is 18.2. The lowest BCUT2D eigenvalue weighted by molar-refractivity contribution is -0.143. The predicted octanol–water partition coefficient (Wildman–Crippen LogP) is 3.08. The molecule has 0 saturated heterocycles. The molecule has 0 radical (unpaired) electrons. The summed E-state index contributed by atoms with van der Waals surface area (Å²) in [6, 6.07) is 4.48. The Labute approximate surface area is 129 Å². The molecule has 0 fully saturated rings. The van der Waals surface area contributed by atoms with Crippen molar-refractivity contribution in [2.75, 3.05) is 6.54 Å². The van der Waals surface area contributed by atoms with Gasteiger partial charge in [0, 0.05) is 13.0 Å². The molecule has 0 spiro atoms. The van der Waals surface area contributed by atoms with Gasteiger partial charge in [-0.05, 0) is 45.4 Å². The maximum Gasteiger partial charge on any atom is 0.411 e. The molecule has 1 aromatic rings. The minimum Gasteiger partial charge on any atom is -0.480 e. The van der Waals surface area contributed by atoms with Crippen molar-refractivity contribution in [2.45, 2.75) is 45.8 Å². The molecule has 0 bridgehead atoms. The Balaban J connectivity index is 2.93. The van der Waals surface area contributed by atoms with Gasteiger partial charge in [-0.1, -0.05) is 12.1 Å². The van der Waals surface area contributed by atoms with Gasteiger partial charge in [0.1, 0.15) is 17.5 Å². The summed E-state index contributed by atoms with van der Waals surface area (Å²) in [5.74, 6) is -1.52. The lowest BCUT2D eigenvalue weighted by atomic mass is 10.0. The topological polar surface area (TPSA) is 66.8 Å². The van der Waals surface area contributed by atoms with Crippen molar-refractivity contribution in [3.8, 4) is 0 Å². The molecular weight excluding hydrogens is 289 g/mol. The maximum absolute atomic E-state index is 12.9. The molecule has 1 aromatic carbocycles. The highest BCUT2D eigenvalue weighted by molar-refractivity contribution is 5.80. The van der Waals surface area contributed by atoms with Gasteiger partial charge in [-0.2, -0.15) is 0 Å². The maximum atomic E-state index is 12.9. The number of halogens is 1. The molecule has 122 valence electrons. The second-order valence-electron chi connectivity index (χ2n) is 5.95. The van der Waals surface area contributed by atoms with Crippen LogP contribution < -0.4 is 0 Å². The van der Waals surface area contributed by atoms with Crippen molar-refractivity contribution < 1.29 is 23.8 Å². The van der Waals surface area contributed by atoms with E-state index >= 15 is 0 Å². The van der Waals surface area contributed by atoms with Crippen LogP contribution in [0.4, 0.5) is 9.18 Å². The van der Waals surface area contributed by atoms with E-state index in [0.29, 0.717) is 5.56 Å². The van der Waals surface area contributed by atoms with E-state index in [9.17, 15) is 19.1 Å². The second-order valence-corrected chi connectivity index (χ2v) is 5.95. The molecule has 0 unspecified atom stereocenters. The monoisotopic (exact) mass is 311 g/mol. The van der Waals surface area contributed by atoms with Crippen molar-refractivity contribution in [1.29, 1.82) is 0 Å². The number of amides is 1. The van der Waals surface area contributed by atoms with E-state index in [1.165, 1.54) is 24.3 Å². The number of carbonyl (C=O) groups excluding carboxylic acids is 1. The molecule has 0 aliphatic heterocycles. The van der Waals surface area contributed by atoms with Crippen LogP contribution in [0.3, 0.4) is 0 Å². The number of hydrogen-bond donors (Lipinski definition) is 1. The minimum absolute atomic E-state index is 0.0860. The molecule has 1 atom stereocenters. The van der Waals surface area contributed by atoms with Crippen LogP contribution in [0.25, 0.3) is 0 Å². The number of carboxylic acid groups (broad SMARTS) is 1. The van der Waals surface area contributed by atoms with E-state index in [4.69, 9.17) is 4.74 Å². The molecule has 22 heavy (non-hydrogen) atoms. The van der Waals surface area contributed by atoms with Crippen LogP contribution in [0.2, 0.25) is 0 Å². The zero-order chi connectivity index (χ0) is 16.9. The van der Waals surface area contributed by atoms with Crippen LogP contribution in [-0.2, 0) is 16.0 Å². The van der Waals surface area contributed by atoms with Gasteiger partial charge < -0.3 is 9.84 Å². The second kappa shape index (κ2) is 7.24. The summed E-state index contributed by atoms with van der Waals surface area (Å²) in [6.07, 6.45) is -0.590. The van der Waals surface area contributed by atoms with E-state index in [1.54, 1.807) is 27.7 Å². The first-order valence-electron chi connectivity index (χ1n) is 7.11. The van der Waals surface area contributed by atoms with E-state index in [2.05, 4.69) is 0 Å². The summed E-state index contributed by atoms with van der Waals surface area (Å²) in [6.45, 7) is 7.04. The third-order valence-electron chi connectivity index (χ3n) is 2.97. The first-order valence-corrected chi connectivity index (χ1v) is 7.11. The highest BCUT2D eigenvalue weighted by Crippen LogP contribution is 2.15. The van der Waals surface area contributed by atoms with Crippen molar-refractivity contribution in [3.63, 3.8) is 0 Å². The fraction of sp³-hybridized carbons (Fsp3) is 0.500. The minimum atomic E-state index is -1.13. The third-order valence-corrected chi connectivity index (χ3v) is 2.97. The molecule has 0 heterocycles. The van der Waals surface area contributed by atoms with E-state index in [-0.39, 0.29) is 13.0 Å². The molecule has 1 N–H and O–H groups in total. The smallest absolute Gasteiger partial charge is 0.411 e. The zero-order valence-electron chi connectivity index (χ0n) is 13.3. The highest BCUT2D eigenvalue weighted by Gasteiger charge is 2.31. The Hall–Kier alpha value is -2.11. The average Bonchev–Trinajstić information content (AvgIpc) is 2.38. The standard InChI is InChI=1S/C16H22FNO4/c1-5-18(15(21)22-16(2,3)4)13(14(19)20)10-11-6-8-12(17)9-7-11/h6-9,13H,5,10H2,1-4H3,(H,19,20)/t13-/m0/s1. The number of nitrogens with zero attached hydrogens (tertiary/aromatic N) is 1. The quantitative estimate of drug-likeness (QED) is 0.907. The van der Waals surface area contributed by atoms with E-state index in [1.807, 2.05) is 0 Å². The van der Waals surface area contributed by atoms with Crippen molar-refractivity contribution >= 4 is 12.1 Å². The number of hydrogen-bond acceptors (Lipinski definition) is 3. The summed E-state index contributed by atoms with van der Waals surface area (Å²) in [5.41, 5.74) is -0.0699. The van der Waals surface area contributed by atoms with Gasteiger partial charge in [0.05, 0.1) is 0 Å². The molecule has 0 aromatic heterocycles. The number of ether oxygens (including phenoxy) is 1. The lowest BCUT2D eigenvalue weighted by Gasteiger charge is -2.30. The van der Waals surface area contributed by atoms with Gasteiger partial charge in [0.25, 0.3) is 0 Å². The Morgan fingerprint density at radius 2 is 1.82 bits per heavy atom. The van der Waals surface area contributed by atoms with Crippen LogP contribution in [0.1, 0.15) is 33.3 Å². The normalized spacial score (nSPS) is 12.6. The van der Waals surface area contributed by atoms with Gasteiger partial charge in [-0.25, -0.2) is 14.0 Å². The Kier molecular flexibility index (Phi) is 5.91. The van der Waals surface area contributed by atoms with Gasteiger partial charge in [0.2, 0.25) is 0 Å². The van der Waals surface area contributed by atoms with Crippen molar-refractivity contribution in [2.24, 2.45) is 0 Å². The van der Waals surface area contributed by atoms with Gasteiger partial charge >= 0.3 is 12.1 Å². The summed E-state index contributed by atoms with van der Waals surface area (Å²) in [4.78, 5) is 24.8. The zero-order valence-corrected chi connectivity index (χ0v) is 13.3. The van der Waals surface area contributed by atoms with E-state index < -0.39 is 29.5 Å². The Morgan fingerprint density at radius 1 is 1.27 bits per heavy atom. The van der Waals surface area contributed by atoms with Crippen LogP contribution in [0.5, 0.6) is 0 Å². The molecule has 0 aliphatic carbocycles. The largest absolute Gasteiger partial charge is 0.480 e. The first-order chi connectivity index (χ1) is 10.1. The van der Waals surface area contributed by atoms with Crippen LogP contribution >= 0.6 is 0 Å². The van der Waals surface area contributed by atoms with E-state index in [0.717, 1.165) is 4.90 Å². The fourth-order valence-corrected chi connectivity index (χ4v) is 1.97. The summed E-state index contributed by atoms with van der Waals surface area (Å²) in [5, 5.41) is 9.41. The number of rotatable bonds is 5. The number of carboxylic acids is 1. The van der Waals surface area contributed by atoms with Crippen LogP contribution in [0.15, 0.2) is 24.3 Å². The number of likely N-dealkylation sites (N-methyl/N-ethyl adjacent to an activating group) is 1. The molecule has 5 nitrogen and oxygen atoms in total. The molecule has 1 amide bonds. The fourth-order valence-electron chi connectivity index (χ4n) is 1.97. The first kappa shape index (κ1) is 17.9. The van der Waals surface area contributed by atoms with Gasteiger partial charge in [-0.15, -0.1) is 0 Å². The summed E-state index contributed by atoms with van der Waals surface area (Å²) >= 11 is 0. The number of aliphatic carboxylic acids is 1. The summed E-state index contributed by atoms with van der Waals surface area (Å²) in [7, 11) is 0. The Morgan fingerprint density at radius 3 is 2.23 bits per heavy atom. The molecule has 0 saturated carbocycles. The average molecular weight is 311 g/mol. The van der Waals surface area contributed by atoms with Crippen molar-refractivity contribution in [3.05, 3.63) is 35.6 Å². The van der Waals surface area contributed by atoms with Gasteiger partial charge in [0.15, 0.2) is 0 Å². The lowest BCUT2D eigenvalue weighted by Crippen LogP contribution is -2.48. The van der Waals surface area contributed by atoms with Crippen LogP contribution in [0, 0.1) is 5.82 Å². The van der Waals surface area contributed by atoms with Gasteiger partial charge in [-0.3, -0.25) is 4.90 Å². The molecule has 6 heteroatoms. The number of benzene rings is 1. The van der Waals surface area contributed by atoms with Crippen molar-refractivity contribution in [1.82, 2.24) is 4.90 Å². The highest BCUT2D eigenvalue weighted by atomic mass is 19.1. The molecule has 1 rings (SSSR count). The number of carbonyl (C=O) groups is 2. The molecule has 0 aliphatic rings. The Bertz CT molecular complexity index is 522. The predicted molar refractivity (Wildman–Crippen MR) is 80.1 cm³/mol. The molecular formula is C16H22FNO4. The SMILES string of the molecule is CCN(C(=O)OC(C)(C)C)[C@@H](Cc1ccc(F)cc1)C(=O)O. The van der Waals surface area contributed by atoms with Crippen LogP contribution in [-0.4, -0.2) is 40.3 Å². The third kappa shape index (κ3) is 5.35.